The third kappa shape index (κ3) is 3.23. The molecule has 1 aromatic rings. The summed E-state index contributed by atoms with van der Waals surface area (Å²) >= 11 is 0. The number of alkyl halides is 2. The van der Waals surface area contributed by atoms with Gasteiger partial charge >= 0.3 is 0 Å². The van der Waals surface area contributed by atoms with Crippen LogP contribution in [0.4, 0.5) is 8.78 Å². The molecule has 1 aromatic heterocycles. The second kappa shape index (κ2) is 4.48. The topological polar surface area (TPSA) is 67.6 Å². The lowest BCUT2D eigenvalue weighted by atomic mass is 9.96. The van der Waals surface area contributed by atoms with Crippen LogP contribution in [0.25, 0.3) is 0 Å². The fraction of sp³-hybridized carbons (Fsp3) is 0.667. The van der Waals surface area contributed by atoms with E-state index in [1.54, 1.807) is 0 Å². The summed E-state index contributed by atoms with van der Waals surface area (Å²) in [6.07, 6.45) is -1.43. The predicted octanol–water partition coefficient (Wildman–Crippen LogP) is 1.06. The van der Waals surface area contributed by atoms with Gasteiger partial charge in [-0.1, -0.05) is 5.21 Å². The number of nitrogens with zero attached hydrogens (tertiary/aromatic N) is 2. The zero-order chi connectivity index (χ0) is 9.19. The molecule has 0 radical (unpaired) electrons. The van der Waals surface area contributed by atoms with Gasteiger partial charge in [0.05, 0.1) is 5.54 Å². The summed E-state index contributed by atoms with van der Waals surface area (Å²) in [5.74, 6) is 0. The van der Waals surface area contributed by atoms with Gasteiger partial charge in [-0.25, -0.2) is 8.78 Å². The zero-order valence-corrected chi connectivity index (χ0v) is 7.81. The number of rotatable bonds is 3. The normalized spacial score (nSPS) is 15.2. The summed E-state index contributed by atoms with van der Waals surface area (Å²) < 4.78 is 24.0. The molecule has 0 saturated carbocycles. The summed E-state index contributed by atoms with van der Waals surface area (Å²) in [4.78, 5) is 0. The number of halogens is 3. The Morgan fingerprint density at radius 1 is 1.69 bits per heavy atom. The van der Waals surface area contributed by atoms with E-state index in [-0.39, 0.29) is 12.4 Å². The van der Waals surface area contributed by atoms with Gasteiger partial charge in [0.15, 0.2) is 0 Å². The fourth-order valence-corrected chi connectivity index (χ4v) is 0.906. The van der Waals surface area contributed by atoms with E-state index in [2.05, 4.69) is 15.4 Å². The lowest BCUT2D eigenvalue weighted by Crippen LogP contribution is -2.35. The molecule has 7 heteroatoms. The van der Waals surface area contributed by atoms with E-state index < -0.39 is 18.4 Å². The Morgan fingerprint density at radius 3 is 2.69 bits per heavy atom. The average molecular weight is 213 g/mol. The maximum Gasteiger partial charge on any atom is 0.240 e. The molecule has 0 aliphatic rings. The maximum atomic E-state index is 12.0. The molecule has 1 rings (SSSR count). The molecule has 0 aliphatic carbocycles. The first-order valence-electron chi connectivity index (χ1n) is 3.46. The van der Waals surface area contributed by atoms with E-state index in [0.29, 0.717) is 5.69 Å². The molecule has 0 amide bonds. The van der Waals surface area contributed by atoms with Crippen LogP contribution < -0.4 is 5.73 Å². The van der Waals surface area contributed by atoms with Crippen LogP contribution in [0, 0.1) is 0 Å². The van der Waals surface area contributed by atoms with Crippen LogP contribution in [-0.4, -0.2) is 21.8 Å². The summed E-state index contributed by atoms with van der Waals surface area (Å²) in [5.41, 5.74) is 4.82. The number of aromatic amines is 1. The van der Waals surface area contributed by atoms with Gasteiger partial charge in [-0.3, -0.25) is 5.10 Å². The van der Waals surface area contributed by atoms with E-state index >= 15 is 0 Å². The summed E-state index contributed by atoms with van der Waals surface area (Å²) in [6.45, 7) is 1.50. The van der Waals surface area contributed by atoms with E-state index in [0.717, 1.165) is 0 Å². The molecule has 0 spiro atoms. The van der Waals surface area contributed by atoms with Crippen molar-refractivity contribution in [1.29, 1.82) is 0 Å². The maximum absolute atomic E-state index is 12.0. The summed E-state index contributed by atoms with van der Waals surface area (Å²) in [7, 11) is 0. The standard InChI is InChI=1S/C6H10F2N4.ClH/c1-6(9,2-5(7)8)4-3-10-12-11-4;/h3,5H,2,9H2,1H3,(H,10,11,12);1H. The molecule has 76 valence electrons. The first-order valence-corrected chi connectivity index (χ1v) is 3.46. The smallest absolute Gasteiger partial charge is 0.240 e. The molecule has 0 aromatic carbocycles. The minimum absolute atomic E-state index is 0. The fourth-order valence-electron chi connectivity index (χ4n) is 0.906. The van der Waals surface area contributed by atoms with Gasteiger partial charge in [0, 0.05) is 12.6 Å². The molecule has 1 unspecified atom stereocenters. The van der Waals surface area contributed by atoms with Crippen molar-refractivity contribution >= 4 is 12.4 Å². The number of hydrogen-bond acceptors (Lipinski definition) is 3. The van der Waals surface area contributed by atoms with Gasteiger partial charge in [-0.05, 0) is 6.92 Å². The molecular formula is C6H11ClF2N4. The van der Waals surface area contributed by atoms with Gasteiger partial charge in [0.2, 0.25) is 6.43 Å². The number of H-pyrrole nitrogens is 1. The third-order valence-corrected chi connectivity index (χ3v) is 1.58. The quantitative estimate of drug-likeness (QED) is 0.787. The van der Waals surface area contributed by atoms with Crippen molar-refractivity contribution in [3.63, 3.8) is 0 Å². The first kappa shape index (κ1) is 12.2. The van der Waals surface area contributed by atoms with Gasteiger partial charge < -0.3 is 5.73 Å². The molecule has 1 heterocycles. The molecule has 0 aliphatic heterocycles. The lowest BCUT2D eigenvalue weighted by molar-refractivity contribution is 0.107. The molecule has 0 fully saturated rings. The largest absolute Gasteiger partial charge is 0.320 e. The van der Waals surface area contributed by atoms with Crippen LogP contribution >= 0.6 is 12.4 Å². The van der Waals surface area contributed by atoms with Crippen molar-refractivity contribution in [2.75, 3.05) is 0 Å². The highest BCUT2D eigenvalue weighted by molar-refractivity contribution is 5.85. The van der Waals surface area contributed by atoms with Crippen LogP contribution in [0.5, 0.6) is 0 Å². The van der Waals surface area contributed by atoms with Crippen LogP contribution in [0.1, 0.15) is 19.0 Å². The molecular weight excluding hydrogens is 202 g/mol. The Kier molecular flexibility index (Phi) is 4.22. The van der Waals surface area contributed by atoms with E-state index in [4.69, 9.17) is 5.73 Å². The minimum atomic E-state index is -2.43. The second-order valence-electron chi connectivity index (χ2n) is 2.87. The van der Waals surface area contributed by atoms with E-state index in [9.17, 15) is 8.78 Å². The van der Waals surface area contributed by atoms with Crippen LogP contribution in [0.3, 0.4) is 0 Å². The summed E-state index contributed by atoms with van der Waals surface area (Å²) in [6, 6.07) is 0. The van der Waals surface area contributed by atoms with Crippen molar-refractivity contribution in [2.45, 2.75) is 25.3 Å². The molecule has 4 nitrogen and oxygen atoms in total. The van der Waals surface area contributed by atoms with Gasteiger partial charge in [0.1, 0.15) is 5.69 Å². The molecule has 13 heavy (non-hydrogen) atoms. The molecule has 0 bridgehead atoms. The van der Waals surface area contributed by atoms with Crippen molar-refractivity contribution in [1.82, 2.24) is 15.4 Å². The Hall–Kier alpha value is -0.750. The second-order valence-corrected chi connectivity index (χ2v) is 2.87. The van der Waals surface area contributed by atoms with Gasteiger partial charge in [-0.2, -0.15) is 0 Å². The Labute approximate surface area is 80.3 Å². The number of nitrogens with one attached hydrogen (secondary N) is 1. The SMILES string of the molecule is CC(N)(CC(F)F)c1c[nH]nn1.Cl. The predicted molar refractivity (Wildman–Crippen MR) is 45.8 cm³/mol. The van der Waals surface area contributed by atoms with Gasteiger partial charge in [-0.15, -0.1) is 17.5 Å². The highest BCUT2D eigenvalue weighted by Crippen LogP contribution is 2.21. The Bertz CT molecular complexity index is 237. The van der Waals surface area contributed by atoms with Crippen molar-refractivity contribution in [3.8, 4) is 0 Å². The monoisotopic (exact) mass is 212 g/mol. The van der Waals surface area contributed by atoms with Crippen molar-refractivity contribution in [3.05, 3.63) is 11.9 Å². The third-order valence-electron chi connectivity index (χ3n) is 1.58. The highest BCUT2D eigenvalue weighted by atomic mass is 35.5. The zero-order valence-electron chi connectivity index (χ0n) is 7.00. The van der Waals surface area contributed by atoms with Gasteiger partial charge in [0.25, 0.3) is 0 Å². The van der Waals surface area contributed by atoms with Crippen LogP contribution in [0.15, 0.2) is 6.20 Å². The minimum Gasteiger partial charge on any atom is -0.320 e. The van der Waals surface area contributed by atoms with E-state index in [1.807, 2.05) is 0 Å². The lowest BCUT2D eigenvalue weighted by Gasteiger charge is -2.20. The number of nitrogens with two attached hydrogens (primary N) is 1. The Balaban J connectivity index is 0.00000144. The summed E-state index contributed by atoms with van der Waals surface area (Å²) in [5, 5.41) is 9.40. The Morgan fingerprint density at radius 2 is 2.31 bits per heavy atom. The average Bonchev–Trinajstić information content (AvgIpc) is 2.32. The van der Waals surface area contributed by atoms with Crippen molar-refractivity contribution < 1.29 is 8.78 Å². The highest BCUT2D eigenvalue weighted by Gasteiger charge is 2.28. The number of aromatic nitrogens is 3. The van der Waals surface area contributed by atoms with E-state index in [1.165, 1.54) is 13.1 Å². The number of hydrogen-bond donors (Lipinski definition) is 2. The molecule has 0 saturated heterocycles. The van der Waals surface area contributed by atoms with Crippen molar-refractivity contribution in [2.24, 2.45) is 5.73 Å². The first-order chi connectivity index (χ1) is 5.52. The van der Waals surface area contributed by atoms with Crippen LogP contribution in [0.2, 0.25) is 0 Å². The molecule has 3 N–H and O–H groups in total. The molecule has 1 atom stereocenters. The van der Waals surface area contributed by atoms with Crippen LogP contribution in [-0.2, 0) is 5.54 Å².